The molecular weight excluding hydrogens is 457 g/mol. The molecule has 0 aliphatic carbocycles. The van der Waals surface area contributed by atoms with Crippen LogP contribution < -0.4 is 15.8 Å². The topological polar surface area (TPSA) is 90.5 Å². The zero-order valence-electron chi connectivity index (χ0n) is 16.5. The van der Waals surface area contributed by atoms with E-state index < -0.39 is 11.7 Å². The second-order valence-corrected chi connectivity index (χ2v) is 8.30. The van der Waals surface area contributed by atoms with Crippen molar-refractivity contribution < 1.29 is 22.8 Å². The molecule has 0 radical (unpaired) electrons. The number of amides is 2. The zero-order valence-corrected chi connectivity index (χ0v) is 18.1. The van der Waals surface area contributed by atoms with Gasteiger partial charge in [0.2, 0.25) is 5.91 Å². The van der Waals surface area contributed by atoms with Crippen molar-refractivity contribution in [3.8, 4) is 0 Å². The summed E-state index contributed by atoms with van der Waals surface area (Å²) in [7, 11) is 0. The van der Waals surface area contributed by atoms with E-state index in [1.165, 1.54) is 11.3 Å². The highest BCUT2D eigenvalue weighted by Gasteiger charge is 2.32. The first-order chi connectivity index (χ1) is 14.6. The van der Waals surface area contributed by atoms with E-state index in [-0.39, 0.29) is 35.6 Å². The van der Waals surface area contributed by atoms with Crippen LogP contribution >= 0.6 is 22.9 Å². The summed E-state index contributed by atoms with van der Waals surface area (Å²) < 4.78 is 38.3. The van der Waals surface area contributed by atoms with Crippen molar-refractivity contribution in [1.82, 2.24) is 25.7 Å². The van der Waals surface area contributed by atoms with Crippen molar-refractivity contribution >= 4 is 40.6 Å². The average molecular weight is 477 g/mol. The molecule has 0 aromatic carbocycles. The summed E-state index contributed by atoms with van der Waals surface area (Å²) in [5, 5.41) is 2.43. The Hall–Kier alpha value is -2.44. The number of nitrogens with one attached hydrogen (secondary N) is 2. The van der Waals surface area contributed by atoms with Gasteiger partial charge in [-0.25, -0.2) is 9.97 Å². The number of thiazole rings is 1. The molecule has 3 rings (SSSR count). The highest BCUT2D eigenvalue weighted by molar-refractivity contribution is 7.09. The summed E-state index contributed by atoms with van der Waals surface area (Å²) in [6.07, 6.45) is -3.66. The Morgan fingerprint density at radius 3 is 2.45 bits per heavy atom. The summed E-state index contributed by atoms with van der Waals surface area (Å²) in [4.78, 5) is 35.6. The molecule has 0 atom stereocenters. The minimum Gasteiger partial charge on any atom is -0.353 e. The number of hydrazine groups is 1. The third-order valence-electron chi connectivity index (χ3n) is 4.51. The van der Waals surface area contributed by atoms with Crippen LogP contribution in [0, 0.1) is 6.92 Å². The molecule has 2 aromatic heterocycles. The van der Waals surface area contributed by atoms with Crippen molar-refractivity contribution in [2.24, 2.45) is 0 Å². The fourth-order valence-corrected chi connectivity index (χ4v) is 4.04. The van der Waals surface area contributed by atoms with Crippen molar-refractivity contribution in [3.05, 3.63) is 38.9 Å². The third-order valence-corrected chi connectivity index (χ3v) is 5.75. The van der Waals surface area contributed by atoms with Crippen molar-refractivity contribution in [2.45, 2.75) is 19.5 Å². The number of rotatable bonds is 5. The van der Waals surface area contributed by atoms with Gasteiger partial charge in [0.05, 0.1) is 23.6 Å². The second-order valence-electron chi connectivity index (χ2n) is 6.95. The van der Waals surface area contributed by atoms with Gasteiger partial charge >= 0.3 is 6.18 Å². The van der Waals surface area contributed by atoms with Crippen LogP contribution in [0.2, 0.25) is 5.02 Å². The molecule has 0 unspecified atom stereocenters. The van der Waals surface area contributed by atoms with E-state index in [1.54, 1.807) is 4.90 Å². The van der Waals surface area contributed by atoms with Crippen LogP contribution in [-0.2, 0) is 22.2 Å². The molecule has 0 bridgehead atoms. The number of hydrogen-bond acceptors (Lipinski definition) is 7. The highest BCUT2D eigenvalue weighted by Crippen LogP contribution is 2.33. The van der Waals surface area contributed by atoms with E-state index in [4.69, 9.17) is 11.6 Å². The Kier molecular flexibility index (Phi) is 7.34. The van der Waals surface area contributed by atoms with Crippen molar-refractivity contribution in [2.75, 3.05) is 37.6 Å². The van der Waals surface area contributed by atoms with E-state index in [0.29, 0.717) is 31.2 Å². The number of anilines is 1. The molecule has 2 aromatic rings. The molecule has 2 amide bonds. The zero-order chi connectivity index (χ0) is 22.6. The van der Waals surface area contributed by atoms with Gasteiger partial charge in [-0.15, -0.1) is 11.3 Å². The maximum atomic E-state index is 12.8. The van der Waals surface area contributed by atoms with Gasteiger partial charge < -0.3 is 4.90 Å². The summed E-state index contributed by atoms with van der Waals surface area (Å²) in [5.41, 5.74) is 4.67. The monoisotopic (exact) mass is 476 g/mol. The summed E-state index contributed by atoms with van der Waals surface area (Å²) >= 11 is 7.37. The molecule has 1 fully saturated rings. The van der Waals surface area contributed by atoms with Crippen LogP contribution in [0.25, 0.3) is 0 Å². The number of alkyl halides is 3. The number of aryl methyl sites for hydroxylation is 1. The van der Waals surface area contributed by atoms with E-state index in [9.17, 15) is 22.8 Å². The van der Waals surface area contributed by atoms with Gasteiger partial charge in [0, 0.05) is 43.4 Å². The number of carbonyl (C=O) groups excluding carboxylic acids is 2. The molecule has 13 heteroatoms. The molecule has 31 heavy (non-hydrogen) atoms. The summed E-state index contributed by atoms with van der Waals surface area (Å²) in [5.74, 6) is -0.457. The lowest BCUT2D eigenvalue weighted by Crippen LogP contribution is -2.52. The molecule has 3 heterocycles. The lowest BCUT2D eigenvalue weighted by atomic mass is 10.2. The Morgan fingerprint density at radius 2 is 1.87 bits per heavy atom. The maximum absolute atomic E-state index is 12.8. The Labute approximate surface area is 185 Å². The van der Waals surface area contributed by atoms with Crippen LogP contribution in [0.15, 0.2) is 17.6 Å². The predicted molar refractivity (Wildman–Crippen MR) is 110 cm³/mol. The van der Waals surface area contributed by atoms with Gasteiger partial charge in [-0.05, 0) is 13.0 Å². The average Bonchev–Trinajstić information content (AvgIpc) is 3.11. The van der Waals surface area contributed by atoms with Crippen LogP contribution in [-0.4, -0.2) is 59.4 Å². The first-order valence-electron chi connectivity index (χ1n) is 9.30. The first kappa shape index (κ1) is 23.2. The number of hydrogen-bond donors (Lipinski definition) is 2. The lowest BCUT2D eigenvalue weighted by molar-refractivity contribution is -0.137. The molecule has 1 saturated heterocycles. The second kappa shape index (κ2) is 9.79. The molecule has 8 nitrogen and oxygen atoms in total. The molecule has 168 valence electrons. The SMILES string of the molecule is Cc1csc(CC(=O)NNC(=O)CN2CCN(c3ncc(C(F)(F)F)cc3Cl)CC2)n1. The molecule has 1 aliphatic heterocycles. The number of aromatic nitrogens is 2. The number of piperazine rings is 1. The predicted octanol–water partition coefficient (Wildman–Crippen LogP) is 2.03. The van der Waals surface area contributed by atoms with E-state index in [2.05, 4.69) is 20.8 Å². The number of halogens is 4. The lowest BCUT2D eigenvalue weighted by Gasteiger charge is -2.35. The van der Waals surface area contributed by atoms with Crippen LogP contribution in [0.1, 0.15) is 16.3 Å². The van der Waals surface area contributed by atoms with E-state index in [0.717, 1.165) is 18.0 Å². The van der Waals surface area contributed by atoms with Gasteiger partial charge in [-0.1, -0.05) is 11.6 Å². The third kappa shape index (κ3) is 6.52. The quantitative estimate of drug-likeness (QED) is 0.642. The number of pyridine rings is 1. The van der Waals surface area contributed by atoms with Gasteiger partial charge in [0.15, 0.2) is 0 Å². The van der Waals surface area contributed by atoms with Gasteiger partial charge in [0.25, 0.3) is 5.91 Å². The number of carbonyl (C=O) groups is 2. The fraction of sp³-hybridized carbons (Fsp3) is 0.444. The van der Waals surface area contributed by atoms with Crippen LogP contribution in [0.3, 0.4) is 0 Å². The molecule has 0 saturated carbocycles. The van der Waals surface area contributed by atoms with E-state index in [1.807, 2.05) is 17.2 Å². The Morgan fingerprint density at radius 1 is 1.19 bits per heavy atom. The Bertz CT molecular complexity index is 947. The highest BCUT2D eigenvalue weighted by atomic mass is 35.5. The van der Waals surface area contributed by atoms with Crippen LogP contribution in [0.5, 0.6) is 0 Å². The van der Waals surface area contributed by atoms with Crippen molar-refractivity contribution in [1.29, 1.82) is 0 Å². The standard InChI is InChI=1S/C18H20ClF3N6O2S/c1-11-10-31-16(24-11)7-14(29)25-26-15(30)9-27-2-4-28(5-3-27)17-13(19)6-12(8-23-17)18(20,21)22/h6,8,10H,2-5,7,9H2,1H3,(H,25,29)(H,26,30). The van der Waals surface area contributed by atoms with Gasteiger partial charge in [-0.2, -0.15) is 13.2 Å². The minimum absolute atomic E-state index is 0.0681. The molecule has 0 spiro atoms. The van der Waals surface area contributed by atoms with E-state index >= 15 is 0 Å². The largest absolute Gasteiger partial charge is 0.417 e. The van der Waals surface area contributed by atoms with Gasteiger partial charge in [0.1, 0.15) is 10.8 Å². The van der Waals surface area contributed by atoms with Crippen molar-refractivity contribution in [3.63, 3.8) is 0 Å². The molecular formula is C18H20ClF3N6O2S. The normalized spacial score (nSPS) is 15.1. The number of nitrogens with zero attached hydrogens (tertiary/aromatic N) is 4. The smallest absolute Gasteiger partial charge is 0.353 e. The Balaban J connectivity index is 1.42. The summed E-state index contributed by atoms with van der Waals surface area (Å²) in [6, 6.07) is 0.861. The molecule has 2 N–H and O–H groups in total. The minimum atomic E-state index is -4.50. The first-order valence-corrected chi connectivity index (χ1v) is 10.6. The maximum Gasteiger partial charge on any atom is 0.417 e. The summed E-state index contributed by atoms with van der Waals surface area (Å²) in [6.45, 7) is 3.76. The fourth-order valence-electron chi connectivity index (χ4n) is 2.98. The van der Waals surface area contributed by atoms with Gasteiger partial charge in [-0.3, -0.25) is 25.3 Å². The molecule has 1 aliphatic rings. The van der Waals surface area contributed by atoms with Crippen LogP contribution in [0.4, 0.5) is 19.0 Å².